The van der Waals surface area contributed by atoms with Gasteiger partial charge in [-0.2, -0.15) is 9.97 Å². The summed E-state index contributed by atoms with van der Waals surface area (Å²) in [6.45, 7) is 8.02. The minimum Gasteiger partial charge on any atom is -0.472 e. The number of pyridine rings is 1. The zero-order valence-corrected chi connectivity index (χ0v) is 25.0. The van der Waals surface area contributed by atoms with Crippen LogP contribution in [0.2, 0.25) is 0 Å². The fourth-order valence-electron chi connectivity index (χ4n) is 7.78. The number of carbonyl (C=O) groups excluding carboxylic acids is 1. The Morgan fingerprint density at radius 3 is 2.84 bits per heavy atom. The van der Waals surface area contributed by atoms with Gasteiger partial charge in [-0.05, 0) is 51.3 Å². The summed E-state index contributed by atoms with van der Waals surface area (Å²) in [7, 11) is 0. The number of anilines is 2. The number of halogens is 3. The molecule has 0 spiro atoms. The van der Waals surface area contributed by atoms with Crippen molar-refractivity contribution >= 4 is 28.7 Å². The van der Waals surface area contributed by atoms with Crippen LogP contribution in [0.15, 0.2) is 6.07 Å². The first-order valence-corrected chi connectivity index (χ1v) is 15.3. The molecule has 0 radical (unpaired) electrons. The van der Waals surface area contributed by atoms with E-state index in [0.717, 1.165) is 25.8 Å². The fourth-order valence-corrected chi connectivity index (χ4v) is 7.78. The molecule has 234 valence electrons. The number of hydrogen-bond acceptors (Lipinski definition) is 10. The summed E-state index contributed by atoms with van der Waals surface area (Å²) in [5.41, 5.74) is 4.83. The van der Waals surface area contributed by atoms with Gasteiger partial charge in [0, 0.05) is 43.2 Å². The topological polar surface area (TPSA) is 119 Å². The summed E-state index contributed by atoms with van der Waals surface area (Å²) in [5.74, 6) is -1.05. The number of nitrogens with two attached hydrogens (primary N) is 1. The van der Waals surface area contributed by atoms with E-state index in [4.69, 9.17) is 20.2 Å². The molecule has 3 fully saturated rings. The van der Waals surface area contributed by atoms with Crippen LogP contribution in [0.1, 0.15) is 55.5 Å². The molecule has 0 bridgehead atoms. The molecule has 1 aromatic carbocycles. The zero-order chi connectivity index (χ0) is 30.9. The lowest BCUT2D eigenvalue weighted by atomic mass is 9.95. The Labute approximate surface area is 253 Å². The van der Waals surface area contributed by atoms with Crippen LogP contribution in [-0.4, -0.2) is 88.8 Å². The van der Waals surface area contributed by atoms with Crippen molar-refractivity contribution in [2.75, 3.05) is 43.4 Å². The molecule has 13 heteroatoms. The second-order valence-electron chi connectivity index (χ2n) is 12.5. The predicted molar refractivity (Wildman–Crippen MR) is 159 cm³/mol. The van der Waals surface area contributed by atoms with E-state index < -0.39 is 29.4 Å². The van der Waals surface area contributed by atoms with E-state index in [1.807, 2.05) is 6.92 Å². The molecular formula is C31H36F3N7O3. The highest BCUT2D eigenvalue weighted by Gasteiger charge is 2.49. The molecule has 3 aromatic rings. The predicted octanol–water partition coefficient (Wildman–Crippen LogP) is 3.97. The maximum Gasteiger partial charge on any atom is 0.319 e. The van der Waals surface area contributed by atoms with Gasteiger partial charge in [-0.1, -0.05) is 6.92 Å². The van der Waals surface area contributed by atoms with Crippen LogP contribution in [0.4, 0.5) is 24.7 Å². The minimum absolute atomic E-state index is 0.0130. The van der Waals surface area contributed by atoms with Crippen LogP contribution >= 0.6 is 0 Å². The molecule has 44 heavy (non-hydrogen) atoms. The first-order valence-electron chi connectivity index (χ1n) is 15.3. The maximum absolute atomic E-state index is 16.7. The second kappa shape index (κ2) is 10.7. The van der Waals surface area contributed by atoms with E-state index >= 15 is 4.39 Å². The molecule has 5 atom stereocenters. The van der Waals surface area contributed by atoms with Gasteiger partial charge in [0.2, 0.25) is 5.88 Å². The van der Waals surface area contributed by atoms with Crippen molar-refractivity contribution in [3.05, 3.63) is 28.8 Å². The van der Waals surface area contributed by atoms with Gasteiger partial charge in [-0.15, -0.1) is 0 Å². The van der Waals surface area contributed by atoms with E-state index in [2.05, 4.69) is 32.0 Å². The monoisotopic (exact) mass is 611 g/mol. The Kier molecular flexibility index (Phi) is 7.07. The number of nitrogens with one attached hydrogen (secondary N) is 1. The van der Waals surface area contributed by atoms with Gasteiger partial charge >= 0.3 is 6.01 Å². The molecule has 3 saturated heterocycles. The third kappa shape index (κ3) is 4.38. The molecule has 0 unspecified atom stereocenters. The number of fused-ring (bicyclic) bond motifs is 3. The molecule has 4 aliphatic rings. The molecule has 4 aliphatic heterocycles. The minimum atomic E-state index is -0.931. The number of nitrogen functional groups attached to an aromatic ring is 1. The molecule has 7 rings (SSSR count). The lowest BCUT2D eigenvalue weighted by Crippen LogP contribution is -2.62. The van der Waals surface area contributed by atoms with E-state index in [1.165, 1.54) is 13.0 Å². The molecule has 2 aromatic heterocycles. The number of hydrogen-bond donors (Lipinski definition) is 2. The smallest absolute Gasteiger partial charge is 0.319 e. The average Bonchev–Trinajstić information content (AvgIpc) is 3.51. The molecule has 0 amide bonds. The van der Waals surface area contributed by atoms with Crippen LogP contribution < -0.4 is 25.4 Å². The number of alkyl halides is 1. The fraction of sp³-hybridized carbons (Fsp3) is 0.548. The van der Waals surface area contributed by atoms with E-state index in [0.29, 0.717) is 38.2 Å². The van der Waals surface area contributed by atoms with Crippen molar-refractivity contribution < 1.29 is 27.4 Å². The van der Waals surface area contributed by atoms with Crippen molar-refractivity contribution in [3.8, 4) is 23.1 Å². The van der Waals surface area contributed by atoms with Crippen molar-refractivity contribution in [3.63, 3.8) is 0 Å². The third-order valence-corrected chi connectivity index (χ3v) is 9.91. The van der Waals surface area contributed by atoms with Gasteiger partial charge in [-0.3, -0.25) is 9.69 Å². The summed E-state index contributed by atoms with van der Waals surface area (Å²) >= 11 is 0. The zero-order valence-electron chi connectivity index (χ0n) is 25.0. The number of benzene rings is 1. The number of nitrogens with zero attached hydrogens (tertiary/aromatic N) is 5. The molecule has 0 aliphatic carbocycles. The van der Waals surface area contributed by atoms with Crippen LogP contribution in [0, 0.1) is 18.6 Å². The first-order chi connectivity index (χ1) is 21.2. The van der Waals surface area contributed by atoms with Gasteiger partial charge in [0.1, 0.15) is 47.1 Å². The Balaban J connectivity index is 1.42. The van der Waals surface area contributed by atoms with Crippen molar-refractivity contribution in [1.29, 1.82) is 0 Å². The Bertz CT molecular complexity index is 1660. The summed E-state index contributed by atoms with van der Waals surface area (Å²) in [4.78, 5) is 30.3. The summed E-state index contributed by atoms with van der Waals surface area (Å²) in [6, 6.07) is 1.06. The lowest BCUT2D eigenvalue weighted by molar-refractivity contribution is 0.107. The van der Waals surface area contributed by atoms with Crippen LogP contribution in [0.3, 0.4) is 0 Å². The number of ether oxygens (including phenoxy) is 2. The quantitative estimate of drug-likeness (QED) is 0.313. The number of rotatable bonds is 6. The van der Waals surface area contributed by atoms with Gasteiger partial charge in [-0.25, -0.2) is 18.2 Å². The van der Waals surface area contributed by atoms with Gasteiger partial charge < -0.3 is 25.4 Å². The van der Waals surface area contributed by atoms with E-state index in [9.17, 15) is 13.6 Å². The van der Waals surface area contributed by atoms with Crippen molar-refractivity contribution in [1.82, 2.24) is 25.2 Å². The molecule has 3 N–H and O–H groups in total. The summed E-state index contributed by atoms with van der Waals surface area (Å²) in [5, 5.41) is 3.84. The summed E-state index contributed by atoms with van der Waals surface area (Å²) < 4.78 is 58.5. The number of aldehydes is 1. The van der Waals surface area contributed by atoms with Gasteiger partial charge in [0.05, 0.1) is 17.3 Å². The molecule has 0 saturated carbocycles. The van der Waals surface area contributed by atoms with Crippen molar-refractivity contribution in [2.24, 2.45) is 0 Å². The van der Waals surface area contributed by atoms with Gasteiger partial charge in [0.15, 0.2) is 12.1 Å². The number of piperazine rings is 1. The number of aromatic nitrogens is 3. The Morgan fingerprint density at radius 2 is 2.07 bits per heavy atom. The molecular weight excluding hydrogens is 575 g/mol. The van der Waals surface area contributed by atoms with Gasteiger partial charge in [0.25, 0.3) is 0 Å². The Hall–Kier alpha value is -3.71. The SMILES string of the molecule is CC[C@@H]1NCCN2c3nc(OC[C@@]45CCCN4C[C@H](F)C5)nc4c(F)c(-c5cc(N)c(F)c(C)c5C=O)nc(c34)O[C@@H](C)[C@H]12. The molecule has 6 heterocycles. The lowest BCUT2D eigenvalue weighted by Gasteiger charge is -2.43. The first kappa shape index (κ1) is 29.0. The van der Waals surface area contributed by atoms with Crippen LogP contribution in [0.25, 0.3) is 22.2 Å². The third-order valence-electron chi connectivity index (χ3n) is 9.91. The summed E-state index contributed by atoms with van der Waals surface area (Å²) in [6.07, 6.45) is 2.06. The highest BCUT2D eigenvalue weighted by Crippen LogP contribution is 2.44. The molecule has 10 nitrogen and oxygen atoms in total. The largest absolute Gasteiger partial charge is 0.472 e. The van der Waals surface area contributed by atoms with Crippen molar-refractivity contribution in [2.45, 2.75) is 76.4 Å². The van der Waals surface area contributed by atoms with Crippen LogP contribution in [0.5, 0.6) is 11.9 Å². The second-order valence-corrected chi connectivity index (χ2v) is 12.5. The normalized spacial score (nSPS) is 28.0. The van der Waals surface area contributed by atoms with E-state index in [-0.39, 0.29) is 69.6 Å². The van der Waals surface area contributed by atoms with E-state index in [1.54, 1.807) is 0 Å². The Morgan fingerprint density at radius 1 is 1.25 bits per heavy atom. The average molecular weight is 612 g/mol. The number of carbonyl (C=O) groups is 1. The highest BCUT2D eigenvalue weighted by atomic mass is 19.1. The standard InChI is InChI=1S/C31H36F3N7O3/c1-4-21-27-16(3)44-29-22-26(24(34)25(37-29)18-10-20(35)23(33)15(2)19(18)13-42)38-30(39-28(22)41(27)9-7-36-21)43-14-31-6-5-8-40(31)12-17(32)11-31/h10,13,16-17,21,27,36H,4-9,11-12,14,35H2,1-3H3/t16-,17+,21-,27+,31-/m0/s1. The van der Waals surface area contributed by atoms with Crippen LogP contribution in [-0.2, 0) is 0 Å². The maximum atomic E-state index is 16.7. The highest BCUT2D eigenvalue weighted by molar-refractivity contribution is 5.99.